The molecule has 0 aromatic heterocycles. The van der Waals surface area contributed by atoms with Crippen LogP contribution in [0.1, 0.15) is 20.3 Å². The summed E-state index contributed by atoms with van der Waals surface area (Å²) < 4.78 is 0. The third-order valence-electron chi connectivity index (χ3n) is 1.52. The SMILES string of the molecule is CCNCC(CC)CO. The lowest BCUT2D eigenvalue weighted by Gasteiger charge is -2.10. The normalized spacial score (nSPS) is 13.7. The van der Waals surface area contributed by atoms with Gasteiger partial charge in [0.1, 0.15) is 0 Å². The van der Waals surface area contributed by atoms with Gasteiger partial charge in [-0.05, 0) is 18.9 Å². The topological polar surface area (TPSA) is 32.3 Å². The van der Waals surface area contributed by atoms with Gasteiger partial charge in [0.2, 0.25) is 0 Å². The van der Waals surface area contributed by atoms with Gasteiger partial charge in [0.25, 0.3) is 0 Å². The van der Waals surface area contributed by atoms with E-state index in [1.165, 1.54) is 0 Å². The zero-order valence-corrected chi connectivity index (χ0v) is 6.35. The summed E-state index contributed by atoms with van der Waals surface area (Å²) in [5.74, 6) is 0.449. The molecule has 0 aromatic carbocycles. The molecular weight excluding hydrogens is 114 g/mol. The van der Waals surface area contributed by atoms with Crippen molar-refractivity contribution in [1.82, 2.24) is 5.32 Å². The number of aliphatic hydroxyl groups excluding tert-OH is 1. The fraction of sp³-hybridized carbons (Fsp3) is 1.00. The average Bonchev–Trinajstić information content (AvgIpc) is 1.91. The summed E-state index contributed by atoms with van der Waals surface area (Å²) in [5, 5.41) is 11.9. The van der Waals surface area contributed by atoms with Crippen molar-refractivity contribution in [1.29, 1.82) is 0 Å². The van der Waals surface area contributed by atoms with Crippen molar-refractivity contribution in [2.24, 2.45) is 5.92 Å². The second-order valence-corrected chi connectivity index (χ2v) is 2.26. The van der Waals surface area contributed by atoms with Gasteiger partial charge in [-0.2, -0.15) is 0 Å². The van der Waals surface area contributed by atoms with Crippen molar-refractivity contribution in [3.63, 3.8) is 0 Å². The van der Waals surface area contributed by atoms with Crippen molar-refractivity contribution in [2.45, 2.75) is 20.3 Å². The zero-order valence-electron chi connectivity index (χ0n) is 6.35. The Hall–Kier alpha value is -0.0800. The quantitative estimate of drug-likeness (QED) is 0.573. The maximum Gasteiger partial charge on any atom is 0.0471 e. The largest absolute Gasteiger partial charge is 0.396 e. The molecular formula is C7H17NO. The Morgan fingerprint density at radius 2 is 2.11 bits per heavy atom. The van der Waals surface area contributed by atoms with Crippen LogP contribution in [0.3, 0.4) is 0 Å². The van der Waals surface area contributed by atoms with Crippen LogP contribution in [0.25, 0.3) is 0 Å². The van der Waals surface area contributed by atoms with Crippen LogP contribution in [0.15, 0.2) is 0 Å². The molecule has 0 saturated carbocycles. The third kappa shape index (κ3) is 4.43. The Bertz CT molecular complexity index is 52.9. The summed E-state index contributed by atoms with van der Waals surface area (Å²) in [7, 11) is 0. The highest BCUT2D eigenvalue weighted by Gasteiger charge is 2.00. The second-order valence-electron chi connectivity index (χ2n) is 2.26. The van der Waals surface area contributed by atoms with Gasteiger partial charge in [-0.1, -0.05) is 13.8 Å². The summed E-state index contributed by atoms with van der Waals surface area (Å²) in [6.07, 6.45) is 1.06. The van der Waals surface area contributed by atoms with Crippen LogP contribution in [0.5, 0.6) is 0 Å². The van der Waals surface area contributed by atoms with Crippen LogP contribution in [-0.2, 0) is 0 Å². The van der Waals surface area contributed by atoms with E-state index in [9.17, 15) is 0 Å². The number of hydrogen-bond donors (Lipinski definition) is 2. The number of hydrogen-bond acceptors (Lipinski definition) is 2. The Balaban J connectivity index is 3.09. The standard InChI is InChI=1S/C7H17NO/c1-3-7(6-9)5-8-4-2/h7-9H,3-6H2,1-2H3. The van der Waals surface area contributed by atoms with Crippen molar-refractivity contribution in [2.75, 3.05) is 19.7 Å². The van der Waals surface area contributed by atoms with E-state index >= 15 is 0 Å². The molecule has 0 aliphatic carbocycles. The van der Waals surface area contributed by atoms with Crippen LogP contribution in [-0.4, -0.2) is 24.8 Å². The molecule has 0 bridgehead atoms. The van der Waals surface area contributed by atoms with Crippen molar-refractivity contribution < 1.29 is 5.11 Å². The summed E-state index contributed by atoms with van der Waals surface area (Å²) in [4.78, 5) is 0. The molecule has 0 radical (unpaired) electrons. The fourth-order valence-corrected chi connectivity index (χ4v) is 0.686. The van der Waals surface area contributed by atoms with Gasteiger partial charge >= 0.3 is 0 Å². The van der Waals surface area contributed by atoms with E-state index in [2.05, 4.69) is 19.2 Å². The van der Waals surface area contributed by atoms with E-state index in [-0.39, 0.29) is 0 Å². The van der Waals surface area contributed by atoms with Crippen LogP contribution >= 0.6 is 0 Å². The fourth-order valence-electron chi connectivity index (χ4n) is 0.686. The molecule has 0 spiro atoms. The number of rotatable bonds is 5. The first-order valence-electron chi connectivity index (χ1n) is 3.66. The predicted molar refractivity (Wildman–Crippen MR) is 39.4 cm³/mol. The van der Waals surface area contributed by atoms with E-state index in [1.54, 1.807) is 0 Å². The molecule has 0 fully saturated rings. The Morgan fingerprint density at radius 3 is 2.44 bits per heavy atom. The van der Waals surface area contributed by atoms with Crippen molar-refractivity contribution in [3.05, 3.63) is 0 Å². The van der Waals surface area contributed by atoms with Crippen molar-refractivity contribution >= 4 is 0 Å². The molecule has 0 saturated heterocycles. The Kier molecular flexibility index (Phi) is 5.99. The van der Waals surface area contributed by atoms with Gasteiger partial charge in [0, 0.05) is 13.2 Å². The van der Waals surface area contributed by atoms with Gasteiger partial charge in [0.15, 0.2) is 0 Å². The molecule has 0 aromatic rings. The van der Waals surface area contributed by atoms with Gasteiger partial charge in [-0.25, -0.2) is 0 Å². The monoisotopic (exact) mass is 131 g/mol. The molecule has 0 aliphatic rings. The molecule has 56 valence electrons. The summed E-state index contributed by atoms with van der Waals surface area (Å²) in [5.41, 5.74) is 0. The lowest BCUT2D eigenvalue weighted by molar-refractivity contribution is 0.219. The molecule has 2 nitrogen and oxygen atoms in total. The minimum absolute atomic E-state index is 0.309. The first-order valence-corrected chi connectivity index (χ1v) is 3.66. The van der Waals surface area contributed by atoms with E-state index in [0.717, 1.165) is 19.5 Å². The molecule has 1 atom stereocenters. The summed E-state index contributed by atoms with van der Waals surface area (Å²) in [6, 6.07) is 0. The second kappa shape index (κ2) is 6.05. The lowest BCUT2D eigenvalue weighted by Crippen LogP contribution is -2.24. The zero-order chi connectivity index (χ0) is 7.11. The maximum absolute atomic E-state index is 8.71. The molecule has 2 N–H and O–H groups in total. The van der Waals surface area contributed by atoms with E-state index < -0.39 is 0 Å². The minimum Gasteiger partial charge on any atom is -0.396 e. The molecule has 0 heterocycles. The van der Waals surface area contributed by atoms with E-state index in [0.29, 0.717) is 12.5 Å². The van der Waals surface area contributed by atoms with Gasteiger partial charge in [0.05, 0.1) is 0 Å². The van der Waals surface area contributed by atoms with Crippen LogP contribution < -0.4 is 5.32 Å². The van der Waals surface area contributed by atoms with Gasteiger partial charge in [-0.15, -0.1) is 0 Å². The van der Waals surface area contributed by atoms with E-state index in [4.69, 9.17) is 5.11 Å². The smallest absolute Gasteiger partial charge is 0.0471 e. The Morgan fingerprint density at radius 1 is 1.44 bits per heavy atom. The van der Waals surface area contributed by atoms with Gasteiger partial charge in [-0.3, -0.25) is 0 Å². The minimum atomic E-state index is 0.309. The maximum atomic E-state index is 8.71. The third-order valence-corrected chi connectivity index (χ3v) is 1.52. The van der Waals surface area contributed by atoms with Crippen molar-refractivity contribution in [3.8, 4) is 0 Å². The predicted octanol–water partition coefficient (Wildman–Crippen LogP) is 0.614. The lowest BCUT2D eigenvalue weighted by atomic mass is 10.1. The summed E-state index contributed by atoms with van der Waals surface area (Å²) in [6.45, 7) is 6.42. The molecule has 0 aliphatic heterocycles. The first kappa shape index (κ1) is 8.92. The average molecular weight is 131 g/mol. The number of aliphatic hydroxyl groups is 1. The van der Waals surface area contributed by atoms with Crippen LogP contribution in [0.4, 0.5) is 0 Å². The molecule has 0 amide bonds. The summed E-state index contributed by atoms with van der Waals surface area (Å²) >= 11 is 0. The first-order chi connectivity index (χ1) is 4.35. The van der Waals surface area contributed by atoms with Crippen LogP contribution in [0.2, 0.25) is 0 Å². The molecule has 1 unspecified atom stereocenters. The van der Waals surface area contributed by atoms with Gasteiger partial charge < -0.3 is 10.4 Å². The van der Waals surface area contributed by atoms with Crippen LogP contribution in [0, 0.1) is 5.92 Å². The Labute approximate surface area is 57.3 Å². The highest BCUT2D eigenvalue weighted by atomic mass is 16.3. The molecule has 2 heteroatoms. The highest BCUT2D eigenvalue weighted by molar-refractivity contribution is 4.56. The highest BCUT2D eigenvalue weighted by Crippen LogP contribution is 1.97. The molecule has 9 heavy (non-hydrogen) atoms. The van der Waals surface area contributed by atoms with E-state index in [1.807, 2.05) is 0 Å². The number of nitrogens with one attached hydrogen (secondary N) is 1. The molecule has 0 rings (SSSR count).